The van der Waals surface area contributed by atoms with E-state index in [1.165, 1.54) is 9.34 Å². The summed E-state index contributed by atoms with van der Waals surface area (Å²) in [5.74, 6) is -0.794. The first kappa shape index (κ1) is 15.2. The van der Waals surface area contributed by atoms with Gasteiger partial charge in [-0.05, 0) is 19.8 Å². The van der Waals surface area contributed by atoms with Crippen molar-refractivity contribution in [2.45, 2.75) is 40.0 Å². The van der Waals surface area contributed by atoms with Crippen LogP contribution in [0.1, 0.15) is 40.0 Å². The van der Waals surface area contributed by atoms with Crippen molar-refractivity contribution in [3.63, 3.8) is 0 Å². The van der Waals surface area contributed by atoms with Crippen LogP contribution in [-0.2, 0) is 18.7 Å². The topological polar surface area (TPSA) is 66.9 Å². The molecular weight excluding hydrogens is 255 g/mol. The van der Waals surface area contributed by atoms with E-state index in [4.69, 9.17) is 4.52 Å². The third kappa shape index (κ3) is 2.75. The summed E-state index contributed by atoms with van der Waals surface area (Å²) in [6.45, 7) is 6.40. The van der Waals surface area contributed by atoms with Crippen molar-refractivity contribution >= 4 is 19.5 Å². The molecule has 0 bridgehead atoms. The van der Waals surface area contributed by atoms with Crippen LogP contribution in [0, 0.1) is 0 Å². The van der Waals surface area contributed by atoms with Gasteiger partial charge < -0.3 is 0 Å². The first-order chi connectivity index (χ1) is 8.51. The minimum absolute atomic E-state index is 0.207. The van der Waals surface area contributed by atoms with Crippen LogP contribution in [-0.4, -0.2) is 40.9 Å². The molecule has 0 saturated carbocycles. The molecular formula is C11H21N2O4P. The van der Waals surface area contributed by atoms with E-state index in [1.807, 2.05) is 13.8 Å². The maximum absolute atomic E-state index is 12.9. The molecule has 18 heavy (non-hydrogen) atoms. The lowest BCUT2D eigenvalue weighted by Gasteiger charge is -2.41. The first-order valence-corrected chi connectivity index (χ1v) is 7.90. The van der Waals surface area contributed by atoms with Crippen LogP contribution >= 0.6 is 7.67 Å². The van der Waals surface area contributed by atoms with Crippen molar-refractivity contribution in [3.8, 4) is 0 Å². The van der Waals surface area contributed by atoms with Crippen molar-refractivity contribution in [3.05, 3.63) is 0 Å². The molecule has 1 saturated heterocycles. The highest BCUT2D eigenvalue weighted by molar-refractivity contribution is 7.55. The zero-order valence-electron chi connectivity index (χ0n) is 11.2. The Bertz CT molecular complexity index is 344. The summed E-state index contributed by atoms with van der Waals surface area (Å²) in [6.07, 6.45) is 1.14. The van der Waals surface area contributed by atoms with Gasteiger partial charge in [-0.15, -0.1) is 0 Å². The summed E-state index contributed by atoms with van der Waals surface area (Å²) in [5.41, 5.74) is 0. The van der Waals surface area contributed by atoms with Crippen LogP contribution in [0.25, 0.3) is 0 Å². The Hall–Kier alpha value is -0.870. The smallest absolute Gasteiger partial charge is 0.298 e. The van der Waals surface area contributed by atoms with E-state index in [0.717, 1.165) is 0 Å². The Kier molecular flexibility index (Phi) is 5.35. The SMILES string of the molecule is CCCN1C(=O)CC(=O)N(CCC)P1(=O)OCC. The van der Waals surface area contributed by atoms with Gasteiger partial charge in [0.2, 0.25) is 11.8 Å². The molecule has 2 amide bonds. The van der Waals surface area contributed by atoms with Crippen LogP contribution in [0.3, 0.4) is 0 Å². The van der Waals surface area contributed by atoms with Crippen LogP contribution in [0.2, 0.25) is 0 Å². The Morgan fingerprint density at radius 2 is 1.50 bits per heavy atom. The monoisotopic (exact) mass is 276 g/mol. The number of rotatable bonds is 6. The molecule has 0 spiro atoms. The average Bonchev–Trinajstić information content (AvgIpc) is 2.31. The quantitative estimate of drug-likeness (QED) is 0.550. The molecule has 1 fully saturated rings. The van der Waals surface area contributed by atoms with E-state index in [-0.39, 0.29) is 13.0 Å². The molecule has 0 N–H and O–H groups in total. The summed E-state index contributed by atoms with van der Waals surface area (Å²) in [4.78, 5) is 23.7. The lowest BCUT2D eigenvalue weighted by molar-refractivity contribution is -0.139. The Balaban J connectivity index is 3.11. The summed E-state index contributed by atoms with van der Waals surface area (Å²) in [5, 5.41) is 0. The fourth-order valence-electron chi connectivity index (χ4n) is 1.96. The molecule has 1 aliphatic heterocycles. The van der Waals surface area contributed by atoms with E-state index in [2.05, 4.69) is 0 Å². The van der Waals surface area contributed by atoms with Gasteiger partial charge in [0.15, 0.2) is 0 Å². The van der Waals surface area contributed by atoms with Gasteiger partial charge in [-0.25, -0.2) is 4.57 Å². The molecule has 1 heterocycles. The maximum Gasteiger partial charge on any atom is 0.401 e. The standard InChI is InChI=1S/C11H21N2O4P/c1-4-7-12-10(14)9-11(15)13(8-5-2)18(12,16)17-6-3/h4-9H2,1-3H3. The maximum atomic E-state index is 12.9. The lowest BCUT2D eigenvalue weighted by atomic mass is 10.3. The van der Waals surface area contributed by atoms with Crippen LogP contribution in [0.15, 0.2) is 0 Å². The van der Waals surface area contributed by atoms with E-state index in [9.17, 15) is 14.2 Å². The highest BCUT2D eigenvalue weighted by Crippen LogP contribution is 2.57. The Morgan fingerprint density at radius 1 is 1.06 bits per heavy atom. The van der Waals surface area contributed by atoms with Crippen molar-refractivity contribution in [1.29, 1.82) is 0 Å². The average molecular weight is 276 g/mol. The van der Waals surface area contributed by atoms with Gasteiger partial charge in [0.25, 0.3) is 0 Å². The van der Waals surface area contributed by atoms with Gasteiger partial charge in [0, 0.05) is 13.1 Å². The number of amides is 2. The van der Waals surface area contributed by atoms with Crippen molar-refractivity contribution in [2.24, 2.45) is 0 Å². The molecule has 104 valence electrons. The summed E-state index contributed by atoms with van der Waals surface area (Å²) in [6, 6.07) is 0. The molecule has 0 aromatic rings. The molecule has 0 atom stereocenters. The third-order valence-corrected chi connectivity index (χ3v) is 5.32. The number of carbonyl (C=O) groups excluding carboxylic acids is 2. The molecule has 0 aromatic heterocycles. The second-order valence-corrected chi connectivity index (χ2v) is 6.32. The Morgan fingerprint density at radius 3 is 1.83 bits per heavy atom. The largest absolute Gasteiger partial charge is 0.401 e. The van der Waals surface area contributed by atoms with Crippen LogP contribution in [0.5, 0.6) is 0 Å². The second-order valence-electron chi connectivity index (χ2n) is 4.12. The molecule has 0 unspecified atom stereocenters. The molecule has 7 heteroatoms. The number of hydrogen-bond donors (Lipinski definition) is 0. The van der Waals surface area contributed by atoms with Gasteiger partial charge in [0.1, 0.15) is 6.42 Å². The molecule has 0 aliphatic carbocycles. The number of nitrogens with zero attached hydrogens (tertiary/aromatic N) is 2. The van der Waals surface area contributed by atoms with E-state index < -0.39 is 19.5 Å². The summed E-state index contributed by atoms with van der Waals surface area (Å²) in [7, 11) is -3.51. The van der Waals surface area contributed by atoms with E-state index in [1.54, 1.807) is 6.92 Å². The second kappa shape index (κ2) is 6.34. The summed E-state index contributed by atoms with van der Waals surface area (Å²) < 4.78 is 20.7. The molecule has 1 aliphatic rings. The van der Waals surface area contributed by atoms with E-state index >= 15 is 0 Å². The predicted molar refractivity (Wildman–Crippen MR) is 67.9 cm³/mol. The van der Waals surface area contributed by atoms with Crippen LogP contribution < -0.4 is 0 Å². The van der Waals surface area contributed by atoms with Crippen molar-refractivity contribution in [1.82, 2.24) is 9.34 Å². The highest BCUT2D eigenvalue weighted by Gasteiger charge is 2.48. The normalized spacial score (nSPS) is 19.5. The van der Waals surface area contributed by atoms with Gasteiger partial charge in [-0.3, -0.25) is 23.5 Å². The Labute approximate surface area is 108 Å². The fraction of sp³-hybridized carbons (Fsp3) is 0.818. The first-order valence-electron chi connectivity index (χ1n) is 6.37. The van der Waals surface area contributed by atoms with Crippen molar-refractivity contribution in [2.75, 3.05) is 19.7 Å². The summed E-state index contributed by atoms with van der Waals surface area (Å²) >= 11 is 0. The highest BCUT2D eigenvalue weighted by atomic mass is 31.2. The minimum Gasteiger partial charge on any atom is -0.298 e. The molecule has 6 nitrogen and oxygen atoms in total. The van der Waals surface area contributed by atoms with Crippen molar-refractivity contribution < 1.29 is 18.7 Å². The molecule has 0 aromatic carbocycles. The minimum atomic E-state index is -3.51. The zero-order valence-corrected chi connectivity index (χ0v) is 12.1. The van der Waals surface area contributed by atoms with E-state index in [0.29, 0.717) is 25.9 Å². The zero-order chi connectivity index (χ0) is 13.8. The predicted octanol–water partition coefficient (Wildman–Crippen LogP) is 2.01. The molecule has 1 rings (SSSR count). The molecule has 0 radical (unpaired) electrons. The fourth-order valence-corrected chi connectivity index (χ4v) is 4.44. The van der Waals surface area contributed by atoms with Gasteiger partial charge in [-0.2, -0.15) is 0 Å². The lowest BCUT2D eigenvalue weighted by Crippen LogP contribution is -2.47. The number of carbonyl (C=O) groups is 2. The van der Waals surface area contributed by atoms with Gasteiger partial charge in [0.05, 0.1) is 6.61 Å². The number of hydrogen-bond acceptors (Lipinski definition) is 4. The van der Waals surface area contributed by atoms with Crippen LogP contribution in [0.4, 0.5) is 0 Å². The van der Waals surface area contributed by atoms with Gasteiger partial charge >= 0.3 is 7.67 Å². The van der Waals surface area contributed by atoms with Gasteiger partial charge in [-0.1, -0.05) is 13.8 Å². The third-order valence-electron chi connectivity index (χ3n) is 2.66.